The summed E-state index contributed by atoms with van der Waals surface area (Å²) in [7, 11) is 3.87. The van der Waals surface area contributed by atoms with E-state index in [0.29, 0.717) is 25.2 Å². The van der Waals surface area contributed by atoms with E-state index in [1.165, 1.54) is 34.0 Å². The minimum atomic E-state index is 0.198. The van der Waals surface area contributed by atoms with Gasteiger partial charge in [0.2, 0.25) is 0 Å². The fourth-order valence-electron chi connectivity index (χ4n) is 7.33. The van der Waals surface area contributed by atoms with Gasteiger partial charge < -0.3 is 24.2 Å². The van der Waals surface area contributed by atoms with Crippen LogP contribution in [0.5, 0.6) is 11.8 Å². The van der Waals surface area contributed by atoms with Crippen molar-refractivity contribution in [2.45, 2.75) is 64.2 Å². The summed E-state index contributed by atoms with van der Waals surface area (Å²) in [6.45, 7) is 7.86. The number of fused-ring (bicyclic) bond motifs is 2. The van der Waals surface area contributed by atoms with E-state index in [9.17, 15) is 0 Å². The van der Waals surface area contributed by atoms with Gasteiger partial charge in [0.05, 0.1) is 37.9 Å². The second-order valence-electron chi connectivity index (χ2n) is 13.0. The molecule has 3 aromatic carbocycles. The van der Waals surface area contributed by atoms with Crippen molar-refractivity contribution in [3.05, 3.63) is 83.0 Å². The van der Waals surface area contributed by atoms with Gasteiger partial charge in [-0.15, -0.1) is 0 Å². The normalized spacial score (nSPS) is 18.6. The molecule has 3 aliphatic heterocycles. The lowest BCUT2D eigenvalue weighted by molar-refractivity contribution is 0.187. The predicted octanol–water partition coefficient (Wildman–Crippen LogP) is 6.33. The van der Waals surface area contributed by atoms with Crippen LogP contribution in [0, 0.1) is 6.92 Å². The summed E-state index contributed by atoms with van der Waals surface area (Å²) in [5, 5.41) is 2.60. The van der Waals surface area contributed by atoms with Crippen LogP contribution in [0.25, 0.3) is 10.8 Å². The molecule has 0 bridgehead atoms. The van der Waals surface area contributed by atoms with Crippen LogP contribution in [0.15, 0.2) is 70.6 Å². The highest BCUT2D eigenvalue weighted by molar-refractivity contribution is 5.97. The number of piperidine rings is 1. The zero-order valence-corrected chi connectivity index (χ0v) is 27.9. The Morgan fingerprint density at radius 2 is 1.74 bits per heavy atom. The molecular weight excluding hydrogens is 586 g/mol. The SMILES string of the molecule is COc1ccccc1CN=C=NC1CCN(c2nc(OC[C@@H]3CCCN3C)nc3c2CCN(c2cccc4cccc(C)c24)C3)CC1. The van der Waals surface area contributed by atoms with E-state index >= 15 is 0 Å². The van der Waals surface area contributed by atoms with Crippen LogP contribution in [0.1, 0.15) is 48.1 Å². The number of likely N-dealkylation sites (N-methyl/N-ethyl adjacent to an activating group) is 1. The maximum atomic E-state index is 6.37. The first-order chi connectivity index (χ1) is 23.1. The minimum absolute atomic E-state index is 0.198. The van der Waals surface area contributed by atoms with Crippen molar-refractivity contribution >= 4 is 28.3 Å². The Balaban J connectivity index is 1.10. The van der Waals surface area contributed by atoms with Crippen LogP contribution < -0.4 is 19.3 Å². The smallest absolute Gasteiger partial charge is 0.318 e. The third-order valence-corrected chi connectivity index (χ3v) is 10.0. The second kappa shape index (κ2) is 14.1. The van der Waals surface area contributed by atoms with Crippen LogP contribution in [-0.4, -0.2) is 79.9 Å². The van der Waals surface area contributed by atoms with Gasteiger partial charge in [-0.3, -0.25) is 0 Å². The molecule has 0 saturated carbocycles. The molecule has 0 N–H and O–H groups in total. The molecular formula is C38H45N7O2. The van der Waals surface area contributed by atoms with Crippen molar-refractivity contribution in [3.63, 3.8) is 0 Å². The molecule has 0 spiro atoms. The molecule has 0 amide bonds. The molecule has 1 aromatic heterocycles. The molecule has 3 aliphatic rings. The molecule has 4 heterocycles. The summed E-state index contributed by atoms with van der Waals surface area (Å²) in [4.78, 5) is 26.6. The molecule has 2 saturated heterocycles. The third-order valence-electron chi connectivity index (χ3n) is 10.0. The largest absolute Gasteiger partial charge is 0.496 e. The minimum Gasteiger partial charge on any atom is -0.496 e. The van der Waals surface area contributed by atoms with E-state index in [-0.39, 0.29) is 6.04 Å². The van der Waals surface area contributed by atoms with E-state index in [2.05, 4.69) is 76.1 Å². The Hall–Kier alpha value is -4.46. The molecule has 7 rings (SSSR count). The Morgan fingerprint density at radius 1 is 0.915 bits per heavy atom. The molecule has 244 valence electrons. The third kappa shape index (κ3) is 6.83. The molecule has 0 radical (unpaired) electrons. The standard InChI is InChI=1S/C38H45N7O2/c1-27-9-6-11-28-12-7-14-34(36(27)28)45-22-18-32-33(24-45)41-38(47-25-31-13-8-19-43(31)2)42-37(32)44-20-16-30(17-21-44)40-26-39-23-29-10-4-5-15-35(29)46-3/h4-7,9-12,14-15,30-31H,8,13,16-25H2,1-3H3/t31-/m0/s1. The number of hydrogen-bond donors (Lipinski definition) is 0. The average molecular weight is 632 g/mol. The number of likely N-dealkylation sites (tertiary alicyclic amines) is 1. The van der Waals surface area contributed by atoms with Crippen LogP contribution in [-0.2, 0) is 19.5 Å². The Bertz CT molecular complexity index is 1770. The highest BCUT2D eigenvalue weighted by Gasteiger charge is 2.29. The number of anilines is 2. The van der Waals surface area contributed by atoms with Gasteiger partial charge in [-0.25, -0.2) is 9.98 Å². The zero-order valence-electron chi connectivity index (χ0n) is 27.9. The first kappa shape index (κ1) is 31.2. The lowest BCUT2D eigenvalue weighted by Gasteiger charge is -2.36. The molecule has 47 heavy (non-hydrogen) atoms. The molecule has 4 aromatic rings. The van der Waals surface area contributed by atoms with Crippen LogP contribution in [0.4, 0.5) is 11.5 Å². The van der Waals surface area contributed by atoms with E-state index in [4.69, 9.17) is 24.4 Å². The van der Waals surface area contributed by atoms with Gasteiger partial charge in [0.25, 0.3) is 0 Å². The van der Waals surface area contributed by atoms with Gasteiger partial charge in [0, 0.05) is 47.9 Å². The van der Waals surface area contributed by atoms with Crippen molar-refractivity contribution in [2.75, 3.05) is 56.7 Å². The maximum absolute atomic E-state index is 6.37. The number of benzene rings is 3. The summed E-state index contributed by atoms with van der Waals surface area (Å²) < 4.78 is 11.8. The van der Waals surface area contributed by atoms with Gasteiger partial charge >= 0.3 is 6.01 Å². The van der Waals surface area contributed by atoms with Crippen molar-refractivity contribution in [1.29, 1.82) is 0 Å². The molecule has 2 fully saturated rings. The van der Waals surface area contributed by atoms with Gasteiger partial charge in [0.1, 0.15) is 18.2 Å². The van der Waals surface area contributed by atoms with Crippen molar-refractivity contribution in [2.24, 2.45) is 9.98 Å². The van der Waals surface area contributed by atoms with Gasteiger partial charge in [-0.05, 0) is 75.7 Å². The summed E-state index contributed by atoms with van der Waals surface area (Å²) in [5.74, 6) is 1.87. The molecule has 0 aliphatic carbocycles. The van der Waals surface area contributed by atoms with Gasteiger partial charge in [-0.1, -0.05) is 48.5 Å². The first-order valence-electron chi connectivity index (χ1n) is 17.0. The van der Waals surface area contributed by atoms with Crippen LogP contribution >= 0.6 is 0 Å². The lowest BCUT2D eigenvalue weighted by Crippen LogP contribution is -2.39. The van der Waals surface area contributed by atoms with E-state index < -0.39 is 0 Å². The van der Waals surface area contributed by atoms with E-state index in [1.807, 2.05) is 24.3 Å². The summed E-state index contributed by atoms with van der Waals surface area (Å²) in [5.41, 5.74) is 5.93. The number of para-hydroxylation sites is 1. The number of aromatic nitrogens is 2. The number of aliphatic imine (C=N–C) groups is 2. The second-order valence-corrected chi connectivity index (χ2v) is 13.0. The van der Waals surface area contributed by atoms with Crippen LogP contribution in [0.2, 0.25) is 0 Å². The van der Waals surface area contributed by atoms with Gasteiger partial charge in [0.15, 0.2) is 0 Å². The number of aryl methyl sites for hydroxylation is 1. The number of nitrogens with zero attached hydrogens (tertiary/aromatic N) is 7. The monoisotopic (exact) mass is 631 g/mol. The molecule has 1 atom stereocenters. The average Bonchev–Trinajstić information content (AvgIpc) is 3.53. The van der Waals surface area contributed by atoms with E-state index in [1.54, 1.807) is 7.11 Å². The van der Waals surface area contributed by atoms with Crippen molar-refractivity contribution in [1.82, 2.24) is 14.9 Å². The summed E-state index contributed by atoms with van der Waals surface area (Å²) in [6, 6.07) is 25.2. The van der Waals surface area contributed by atoms with Crippen LogP contribution in [0.3, 0.4) is 0 Å². The quantitative estimate of drug-likeness (QED) is 0.200. The highest BCUT2D eigenvalue weighted by atomic mass is 16.5. The topological polar surface area (TPSA) is 78.7 Å². The van der Waals surface area contributed by atoms with Gasteiger partial charge in [-0.2, -0.15) is 9.97 Å². The summed E-state index contributed by atoms with van der Waals surface area (Å²) >= 11 is 0. The maximum Gasteiger partial charge on any atom is 0.318 e. The molecule has 0 unspecified atom stereocenters. The van der Waals surface area contributed by atoms with Crippen molar-refractivity contribution in [3.8, 4) is 11.8 Å². The zero-order chi connectivity index (χ0) is 32.2. The fourth-order valence-corrected chi connectivity index (χ4v) is 7.33. The summed E-state index contributed by atoms with van der Waals surface area (Å²) in [6.07, 6.45) is 5.12. The fraction of sp³-hybridized carbons (Fsp3) is 0.447. The number of rotatable bonds is 9. The lowest BCUT2D eigenvalue weighted by atomic mass is 9.99. The first-order valence-corrected chi connectivity index (χ1v) is 17.0. The Kier molecular flexibility index (Phi) is 9.36. The molecule has 9 heteroatoms. The number of ether oxygens (including phenoxy) is 2. The predicted molar refractivity (Wildman–Crippen MR) is 188 cm³/mol. The Morgan fingerprint density at radius 3 is 2.55 bits per heavy atom. The Labute approximate surface area is 278 Å². The number of hydrogen-bond acceptors (Lipinski definition) is 9. The number of methoxy groups -OCH3 is 1. The van der Waals surface area contributed by atoms with E-state index in [0.717, 1.165) is 81.2 Å². The van der Waals surface area contributed by atoms with Crippen molar-refractivity contribution < 1.29 is 9.47 Å². The molecule has 9 nitrogen and oxygen atoms in total. The highest BCUT2D eigenvalue weighted by Crippen LogP contribution is 2.36.